The van der Waals surface area contributed by atoms with Crippen molar-refractivity contribution in [3.8, 4) is 0 Å². The lowest BCUT2D eigenvalue weighted by molar-refractivity contribution is 0.203. The Bertz CT molecular complexity index is 302. The van der Waals surface area contributed by atoms with Crippen molar-refractivity contribution in [2.45, 2.75) is 31.3 Å². The maximum atomic E-state index is 9.69. The number of aliphatic hydroxyl groups excluding tert-OH is 1. The van der Waals surface area contributed by atoms with Gasteiger partial charge in [-0.25, -0.2) is 0 Å². The Labute approximate surface area is 96.2 Å². The summed E-state index contributed by atoms with van der Waals surface area (Å²) < 4.78 is 0. The molecule has 0 aliphatic carbocycles. The first kappa shape index (κ1) is 12.3. The summed E-state index contributed by atoms with van der Waals surface area (Å²) in [6, 6.07) is 10.2. The van der Waals surface area contributed by atoms with E-state index in [9.17, 15) is 5.11 Å². The molecule has 82 valence electrons. The first-order valence-electron chi connectivity index (χ1n) is 5.18. The fraction of sp³-hybridized carbons (Fsp3) is 0.385. The van der Waals surface area contributed by atoms with Crippen molar-refractivity contribution >= 4 is 11.8 Å². The van der Waals surface area contributed by atoms with Crippen LogP contribution in [0.25, 0.3) is 0 Å². The van der Waals surface area contributed by atoms with Crippen LogP contribution in [0.5, 0.6) is 0 Å². The van der Waals surface area contributed by atoms with Crippen LogP contribution in [0.4, 0.5) is 0 Å². The Balaban J connectivity index is 2.28. The monoisotopic (exact) mass is 222 g/mol. The van der Waals surface area contributed by atoms with Gasteiger partial charge < -0.3 is 5.11 Å². The predicted octanol–water partition coefficient (Wildman–Crippen LogP) is 3.50. The molecule has 0 aliphatic heterocycles. The Morgan fingerprint density at radius 2 is 2.00 bits per heavy atom. The highest BCUT2D eigenvalue weighted by Crippen LogP contribution is 2.18. The van der Waals surface area contributed by atoms with Gasteiger partial charge in [-0.15, -0.1) is 11.8 Å². The summed E-state index contributed by atoms with van der Waals surface area (Å²) in [7, 11) is 0. The van der Waals surface area contributed by atoms with Crippen LogP contribution in [-0.4, -0.2) is 17.0 Å². The molecule has 0 aromatic heterocycles. The third-order valence-electron chi connectivity index (χ3n) is 1.98. The van der Waals surface area contributed by atoms with Crippen molar-refractivity contribution in [3.63, 3.8) is 0 Å². The second-order valence-corrected chi connectivity index (χ2v) is 4.89. The average Bonchev–Trinajstić information content (AvgIpc) is 2.25. The Morgan fingerprint density at radius 1 is 1.33 bits per heavy atom. The fourth-order valence-electron chi connectivity index (χ4n) is 1.15. The minimum Gasteiger partial charge on any atom is -0.392 e. The largest absolute Gasteiger partial charge is 0.392 e. The van der Waals surface area contributed by atoms with Gasteiger partial charge in [0.05, 0.1) is 6.10 Å². The van der Waals surface area contributed by atoms with Crippen LogP contribution in [0.1, 0.15) is 20.3 Å². The van der Waals surface area contributed by atoms with Gasteiger partial charge >= 0.3 is 0 Å². The van der Waals surface area contributed by atoms with E-state index in [1.807, 2.05) is 18.2 Å². The van der Waals surface area contributed by atoms with E-state index in [0.29, 0.717) is 0 Å². The summed E-state index contributed by atoms with van der Waals surface area (Å²) in [6.45, 7) is 4.11. The molecule has 1 unspecified atom stereocenters. The lowest BCUT2D eigenvalue weighted by Crippen LogP contribution is -2.08. The Morgan fingerprint density at radius 3 is 2.60 bits per heavy atom. The van der Waals surface area contributed by atoms with Gasteiger partial charge in [-0.2, -0.15) is 0 Å². The van der Waals surface area contributed by atoms with Crippen molar-refractivity contribution in [3.05, 3.63) is 42.0 Å². The van der Waals surface area contributed by atoms with Crippen molar-refractivity contribution in [1.29, 1.82) is 0 Å². The van der Waals surface area contributed by atoms with Crippen LogP contribution >= 0.6 is 11.8 Å². The van der Waals surface area contributed by atoms with Gasteiger partial charge in [-0.1, -0.05) is 29.8 Å². The molecule has 15 heavy (non-hydrogen) atoms. The van der Waals surface area contributed by atoms with Gasteiger partial charge in [0.2, 0.25) is 0 Å². The van der Waals surface area contributed by atoms with Crippen molar-refractivity contribution < 1.29 is 5.11 Å². The molecule has 1 aromatic rings. The summed E-state index contributed by atoms with van der Waals surface area (Å²) in [5.41, 5.74) is 1.26. The normalized spacial score (nSPS) is 12.2. The quantitative estimate of drug-likeness (QED) is 0.608. The number of rotatable bonds is 5. The molecule has 1 atom stereocenters. The number of benzene rings is 1. The third-order valence-corrected chi connectivity index (χ3v) is 3.14. The van der Waals surface area contributed by atoms with Crippen LogP contribution < -0.4 is 0 Å². The number of hydrogen-bond acceptors (Lipinski definition) is 2. The first-order chi connectivity index (χ1) is 7.18. The molecule has 0 heterocycles. The van der Waals surface area contributed by atoms with Gasteiger partial charge in [0.1, 0.15) is 0 Å². The SMILES string of the molecule is CC(C)=CCC(O)CSc1ccccc1. The lowest BCUT2D eigenvalue weighted by Gasteiger charge is -2.07. The minimum absolute atomic E-state index is 0.245. The molecular formula is C13H18OS. The third kappa shape index (κ3) is 5.65. The highest BCUT2D eigenvalue weighted by molar-refractivity contribution is 7.99. The number of thioether (sulfide) groups is 1. The van der Waals surface area contributed by atoms with Gasteiger partial charge in [0, 0.05) is 10.6 Å². The maximum Gasteiger partial charge on any atom is 0.0668 e. The summed E-state index contributed by atoms with van der Waals surface area (Å²) in [4.78, 5) is 1.22. The zero-order chi connectivity index (χ0) is 11.1. The fourth-order valence-corrected chi connectivity index (χ4v) is 2.02. The Kier molecular flexibility index (Phi) is 5.51. The molecule has 0 radical (unpaired) electrons. The number of aliphatic hydroxyl groups is 1. The van der Waals surface area contributed by atoms with Gasteiger partial charge in [0.15, 0.2) is 0 Å². The standard InChI is InChI=1S/C13H18OS/c1-11(2)8-9-12(14)10-15-13-6-4-3-5-7-13/h3-8,12,14H,9-10H2,1-2H3. The first-order valence-corrected chi connectivity index (χ1v) is 6.16. The molecule has 0 bridgehead atoms. The second kappa shape index (κ2) is 6.70. The van der Waals surface area contributed by atoms with Crippen molar-refractivity contribution in [1.82, 2.24) is 0 Å². The molecular weight excluding hydrogens is 204 g/mol. The zero-order valence-corrected chi connectivity index (χ0v) is 10.1. The van der Waals surface area contributed by atoms with Crippen LogP contribution in [0.15, 0.2) is 46.9 Å². The highest BCUT2D eigenvalue weighted by atomic mass is 32.2. The lowest BCUT2D eigenvalue weighted by atomic mass is 10.2. The smallest absolute Gasteiger partial charge is 0.0668 e. The van der Waals surface area contributed by atoms with E-state index in [0.717, 1.165) is 12.2 Å². The molecule has 1 nitrogen and oxygen atoms in total. The van der Waals surface area contributed by atoms with Crippen LogP contribution in [-0.2, 0) is 0 Å². The maximum absolute atomic E-state index is 9.69. The molecule has 0 spiro atoms. The molecule has 0 saturated heterocycles. The van der Waals surface area contributed by atoms with Crippen LogP contribution in [0.3, 0.4) is 0 Å². The van der Waals surface area contributed by atoms with E-state index in [4.69, 9.17) is 0 Å². The summed E-state index contributed by atoms with van der Waals surface area (Å²) >= 11 is 1.70. The van der Waals surface area contributed by atoms with E-state index >= 15 is 0 Å². The van der Waals surface area contributed by atoms with Crippen LogP contribution in [0.2, 0.25) is 0 Å². The minimum atomic E-state index is -0.245. The van der Waals surface area contributed by atoms with E-state index in [1.165, 1.54) is 10.5 Å². The van der Waals surface area contributed by atoms with Crippen LogP contribution in [0, 0.1) is 0 Å². The molecule has 1 aromatic carbocycles. The number of hydrogen-bond donors (Lipinski definition) is 1. The van der Waals surface area contributed by atoms with Crippen molar-refractivity contribution in [2.24, 2.45) is 0 Å². The summed E-state index contributed by atoms with van der Waals surface area (Å²) in [5, 5.41) is 9.69. The number of allylic oxidation sites excluding steroid dienone is 1. The molecule has 0 fully saturated rings. The molecule has 2 heteroatoms. The summed E-state index contributed by atoms with van der Waals surface area (Å²) in [5.74, 6) is 0.758. The van der Waals surface area contributed by atoms with Crippen molar-refractivity contribution in [2.75, 3.05) is 5.75 Å². The van der Waals surface area contributed by atoms with Gasteiger partial charge in [0.25, 0.3) is 0 Å². The van der Waals surface area contributed by atoms with E-state index in [-0.39, 0.29) is 6.10 Å². The van der Waals surface area contributed by atoms with Gasteiger partial charge in [-0.3, -0.25) is 0 Å². The molecule has 1 rings (SSSR count). The highest BCUT2D eigenvalue weighted by Gasteiger charge is 2.02. The topological polar surface area (TPSA) is 20.2 Å². The molecule has 0 aliphatic rings. The second-order valence-electron chi connectivity index (χ2n) is 3.80. The molecule has 1 N–H and O–H groups in total. The van der Waals surface area contributed by atoms with E-state index in [1.54, 1.807) is 11.8 Å². The molecule has 0 amide bonds. The predicted molar refractivity (Wildman–Crippen MR) is 67.2 cm³/mol. The van der Waals surface area contributed by atoms with E-state index < -0.39 is 0 Å². The zero-order valence-electron chi connectivity index (χ0n) is 9.31. The van der Waals surface area contributed by atoms with E-state index in [2.05, 4.69) is 32.1 Å². The Hall–Kier alpha value is -0.730. The van der Waals surface area contributed by atoms with Gasteiger partial charge in [-0.05, 0) is 32.4 Å². The summed E-state index contributed by atoms with van der Waals surface area (Å²) in [6.07, 6.45) is 2.59. The molecule has 0 saturated carbocycles. The average molecular weight is 222 g/mol.